The van der Waals surface area contributed by atoms with E-state index in [4.69, 9.17) is 4.74 Å². The van der Waals surface area contributed by atoms with Crippen LogP contribution in [0.15, 0.2) is 23.2 Å². The molecule has 1 aliphatic heterocycles. The first-order valence-corrected chi connectivity index (χ1v) is 7.68. The second-order valence-electron chi connectivity index (χ2n) is 4.20. The predicted octanol–water partition coefficient (Wildman–Crippen LogP) is -0.115. The summed E-state index contributed by atoms with van der Waals surface area (Å²) in [6.07, 6.45) is 2.78. The highest BCUT2D eigenvalue weighted by Crippen LogP contribution is 2.17. The van der Waals surface area contributed by atoms with Gasteiger partial charge in [-0.3, -0.25) is 0 Å². The van der Waals surface area contributed by atoms with Gasteiger partial charge in [-0.1, -0.05) is 0 Å². The van der Waals surface area contributed by atoms with Crippen LogP contribution in [0.1, 0.15) is 0 Å². The van der Waals surface area contributed by atoms with Crippen molar-refractivity contribution >= 4 is 15.7 Å². The quantitative estimate of drug-likeness (QED) is 0.795. The smallest absolute Gasteiger partial charge is 0.179 e. The third-order valence-electron chi connectivity index (χ3n) is 2.67. The van der Waals surface area contributed by atoms with Gasteiger partial charge in [-0.2, -0.15) is 0 Å². The van der Waals surface area contributed by atoms with Crippen LogP contribution in [-0.2, 0) is 14.6 Å². The monoisotopic (exact) mass is 271 g/mol. The molecule has 0 spiro atoms. The molecular formula is C11H17N3O3S. The van der Waals surface area contributed by atoms with Crippen molar-refractivity contribution in [3.63, 3.8) is 0 Å². The average Bonchev–Trinajstić information content (AvgIpc) is 2.37. The number of hydrogen-bond acceptors (Lipinski definition) is 6. The fourth-order valence-electron chi connectivity index (χ4n) is 1.78. The van der Waals surface area contributed by atoms with Gasteiger partial charge in [0.25, 0.3) is 0 Å². The molecule has 2 heterocycles. The Balaban J connectivity index is 2.05. The molecule has 2 N–H and O–H groups in total. The van der Waals surface area contributed by atoms with E-state index < -0.39 is 9.84 Å². The van der Waals surface area contributed by atoms with Crippen molar-refractivity contribution in [3.8, 4) is 0 Å². The number of morpholine rings is 1. The van der Waals surface area contributed by atoms with E-state index in [1.54, 1.807) is 18.3 Å². The van der Waals surface area contributed by atoms with Gasteiger partial charge in [0, 0.05) is 32.1 Å². The van der Waals surface area contributed by atoms with E-state index in [0.29, 0.717) is 19.0 Å². The summed E-state index contributed by atoms with van der Waals surface area (Å²) >= 11 is 0. The van der Waals surface area contributed by atoms with E-state index in [1.165, 1.54) is 6.26 Å². The standard InChI is InChI=1S/C11H17N3O3S/c1-18(15,16)10-3-2-4-13-11(10)14-8-9-7-12-5-6-17-9/h2-4,9,12H,5-8H2,1H3,(H,13,14). The first kappa shape index (κ1) is 13.3. The summed E-state index contributed by atoms with van der Waals surface area (Å²) in [5.41, 5.74) is 0. The van der Waals surface area contributed by atoms with Crippen LogP contribution in [0.5, 0.6) is 0 Å². The van der Waals surface area contributed by atoms with E-state index in [0.717, 1.165) is 13.1 Å². The highest BCUT2D eigenvalue weighted by molar-refractivity contribution is 7.90. The van der Waals surface area contributed by atoms with Gasteiger partial charge in [-0.05, 0) is 12.1 Å². The van der Waals surface area contributed by atoms with Crippen molar-refractivity contribution in [2.45, 2.75) is 11.0 Å². The molecule has 1 unspecified atom stereocenters. The number of nitrogens with one attached hydrogen (secondary N) is 2. The largest absolute Gasteiger partial charge is 0.374 e. The Hall–Kier alpha value is -1.18. The lowest BCUT2D eigenvalue weighted by molar-refractivity contribution is 0.0371. The van der Waals surface area contributed by atoms with Gasteiger partial charge in [0.05, 0.1) is 12.7 Å². The highest BCUT2D eigenvalue weighted by Gasteiger charge is 2.17. The maximum absolute atomic E-state index is 11.6. The van der Waals surface area contributed by atoms with Crippen LogP contribution in [0, 0.1) is 0 Å². The summed E-state index contributed by atoms with van der Waals surface area (Å²) in [6.45, 7) is 2.82. The van der Waals surface area contributed by atoms with Gasteiger partial charge in [-0.25, -0.2) is 13.4 Å². The summed E-state index contributed by atoms with van der Waals surface area (Å²) in [5.74, 6) is 0.383. The Morgan fingerprint density at radius 1 is 1.61 bits per heavy atom. The summed E-state index contributed by atoms with van der Waals surface area (Å²) in [6, 6.07) is 3.16. The molecule has 1 atom stereocenters. The maximum atomic E-state index is 11.6. The van der Waals surface area contributed by atoms with Crippen LogP contribution in [0.25, 0.3) is 0 Å². The van der Waals surface area contributed by atoms with Crippen LogP contribution in [0.2, 0.25) is 0 Å². The molecule has 7 heteroatoms. The molecule has 1 aromatic rings. The Kier molecular flexibility index (Phi) is 4.15. The number of sulfone groups is 1. The van der Waals surface area contributed by atoms with Crippen molar-refractivity contribution in [1.29, 1.82) is 0 Å². The number of rotatable bonds is 4. The molecule has 0 aliphatic carbocycles. The molecule has 1 aromatic heterocycles. The van der Waals surface area contributed by atoms with Crippen LogP contribution in [0.4, 0.5) is 5.82 Å². The van der Waals surface area contributed by atoms with Crippen LogP contribution in [-0.4, -0.2) is 52.0 Å². The van der Waals surface area contributed by atoms with Gasteiger partial charge in [0.15, 0.2) is 9.84 Å². The molecule has 18 heavy (non-hydrogen) atoms. The number of hydrogen-bond donors (Lipinski definition) is 2. The minimum Gasteiger partial charge on any atom is -0.374 e. The zero-order valence-corrected chi connectivity index (χ0v) is 11.0. The van der Waals surface area contributed by atoms with Gasteiger partial charge >= 0.3 is 0 Å². The number of ether oxygens (including phenoxy) is 1. The minimum atomic E-state index is -3.27. The molecule has 0 amide bonds. The second kappa shape index (κ2) is 5.64. The summed E-state index contributed by atoms with van der Waals surface area (Å²) in [5, 5.41) is 6.25. The Bertz CT molecular complexity index is 498. The molecule has 6 nitrogen and oxygen atoms in total. The van der Waals surface area contributed by atoms with E-state index >= 15 is 0 Å². The molecule has 2 rings (SSSR count). The van der Waals surface area contributed by atoms with Crippen molar-refractivity contribution in [2.24, 2.45) is 0 Å². The zero-order valence-electron chi connectivity index (χ0n) is 10.2. The van der Waals surface area contributed by atoms with E-state index in [-0.39, 0.29) is 11.0 Å². The Morgan fingerprint density at radius 2 is 2.44 bits per heavy atom. The van der Waals surface area contributed by atoms with Gasteiger partial charge in [-0.15, -0.1) is 0 Å². The first-order valence-electron chi connectivity index (χ1n) is 5.78. The van der Waals surface area contributed by atoms with Crippen molar-refractivity contribution in [2.75, 3.05) is 37.8 Å². The molecule has 0 radical (unpaired) electrons. The van der Waals surface area contributed by atoms with E-state index in [1.807, 2.05) is 0 Å². The third kappa shape index (κ3) is 3.41. The third-order valence-corrected chi connectivity index (χ3v) is 3.80. The molecule has 1 saturated heterocycles. The average molecular weight is 271 g/mol. The zero-order chi connectivity index (χ0) is 13.0. The molecule has 100 valence electrons. The van der Waals surface area contributed by atoms with Crippen molar-refractivity contribution in [3.05, 3.63) is 18.3 Å². The topological polar surface area (TPSA) is 80.3 Å². The predicted molar refractivity (Wildman–Crippen MR) is 68.4 cm³/mol. The fourth-order valence-corrected chi connectivity index (χ4v) is 2.59. The van der Waals surface area contributed by atoms with Crippen molar-refractivity contribution in [1.82, 2.24) is 10.3 Å². The summed E-state index contributed by atoms with van der Waals surface area (Å²) < 4.78 is 28.7. The van der Waals surface area contributed by atoms with Gasteiger partial charge in [0.2, 0.25) is 0 Å². The van der Waals surface area contributed by atoms with E-state index in [9.17, 15) is 8.42 Å². The normalized spacial score (nSPS) is 20.6. The summed E-state index contributed by atoms with van der Waals surface area (Å²) in [7, 11) is -3.27. The molecule has 0 bridgehead atoms. The fraction of sp³-hybridized carbons (Fsp3) is 0.545. The molecule has 0 saturated carbocycles. The molecule has 1 fully saturated rings. The SMILES string of the molecule is CS(=O)(=O)c1cccnc1NCC1CNCCO1. The molecular weight excluding hydrogens is 254 g/mol. The second-order valence-corrected chi connectivity index (χ2v) is 6.18. The maximum Gasteiger partial charge on any atom is 0.179 e. The van der Waals surface area contributed by atoms with Gasteiger partial charge in [0.1, 0.15) is 10.7 Å². The lowest BCUT2D eigenvalue weighted by atomic mass is 10.3. The Labute approximate surface area is 107 Å². The number of nitrogens with zero attached hydrogens (tertiary/aromatic N) is 1. The highest BCUT2D eigenvalue weighted by atomic mass is 32.2. The lowest BCUT2D eigenvalue weighted by Gasteiger charge is -2.24. The minimum absolute atomic E-state index is 0.0353. The Morgan fingerprint density at radius 3 is 3.11 bits per heavy atom. The van der Waals surface area contributed by atoms with Crippen molar-refractivity contribution < 1.29 is 13.2 Å². The number of pyridine rings is 1. The number of anilines is 1. The summed E-state index contributed by atoms with van der Waals surface area (Å²) in [4.78, 5) is 4.28. The first-order chi connectivity index (χ1) is 8.57. The molecule has 1 aliphatic rings. The number of aromatic nitrogens is 1. The van der Waals surface area contributed by atoms with E-state index in [2.05, 4.69) is 15.6 Å². The van der Waals surface area contributed by atoms with Crippen LogP contribution in [0.3, 0.4) is 0 Å². The van der Waals surface area contributed by atoms with Crippen LogP contribution < -0.4 is 10.6 Å². The molecule has 0 aromatic carbocycles. The van der Waals surface area contributed by atoms with Gasteiger partial charge < -0.3 is 15.4 Å². The lowest BCUT2D eigenvalue weighted by Crippen LogP contribution is -2.42. The van der Waals surface area contributed by atoms with Crippen LogP contribution >= 0.6 is 0 Å².